The lowest BCUT2D eigenvalue weighted by Gasteiger charge is -2.34. The van der Waals surface area contributed by atoms with Gasteiger partial charge in [0, 0.05) is 64.0 Å². The summed E-state index contributed by atoms with van der Waals surface area (Å²) in [5.41, 5.74) is 6.50. The summed E-state index contributed by atoms with van der Waals surface area (Å²) in [4.78, 5) is 7.73. The van der Waals surface area contributed by atoms with E-state index in [4.69, 9.17) is 11.6 Å². The topological polar surface area (TPSA) is 43.1 Å². The molecule has 1 saturated heterocycles. The Kier molecular flexibility index (Phi) is 5.40. The van der Waals surface area contributed by atoms with Crippen molar-refractivity contribution in [3.05, 3.63) is 99.4 Å². The number of hydrogen-bond donors (Lipinski definition) is 0. The number of allylic oxidation sites excluding steroid dienone is 1. The summed E-state index contributed by atoms with van der Waals surface area (Å²) in [6.45, 7) is 1.80. The van der Waals surface area contributed by atoms with Crippen molar-refractivity contribution in [1.29, 1.82) is 0 Å². The molecule has 4 heterocycles. The van der Waals surface area contributed by atoms with Crippen molar-refractivity contribution < 1.29 is 4.73 Å². The number of aromatic nitrogens is 2. The third-order valence-corrected chi connectivity index (χ3v) is 7.10. The number of pyridine rings is 2. The van der Waals surface area contributed by atoms with Crippen molar-refractivity contribution in [2.75, 3.05) is 6.54 Å². The molecule has 3 aromatic rings. The van der Waals surface area contributed by atoms with Crippen molar-refractivity contribution in [3.8, 4) is 0 Å². The van der Waals surface area contributed by atoms with E-state index in [0.29, 0.717) is 0 Å². The van der Waals surface area contributed by atoms with Gasteiger partial charge in [0.1, 0.15) is 0 Å². The number of benzene rings is 1. The van der Waals surface area contributed by atoms with Crippen LogP contribution >= 0.6 is 23.4 Å². The summed E-state index contributed by atoms with van der Waals surface area (Å²) >= 11 is 8.08. The summed E-state index contributed by atoms with van der Waals surface area (Å²) in [6, 6.07) is 14.1. The van der Waals surface area contributed by atoms with Gasteiger partial charge in [0.05, 0.1) is 5.57 Å². The van der Waals surface area contributed by atoms with Crippen molar-refractivity contribution in [1.82, 2.24) is 9.88 Å². The molecule has 2 aliphatic rings. The van der Waals surface area contributed by atoms with E-state index < -0.39 is 0 Å². The van der Waals surface area contributed by atoms with Crippen LogP contribution in [0.3, 0.4) is 0 Å². The van der Waals surface area contributed by atoms with Crippen LogP contribution in [0.1, 0.15) is 41.6 Å². The molecule has 1 aromatic carbocycles. The number of nitrogens with zero attached hydrogens (tertiary/aromatic N) is 3. The van der Waals surface area contributed by atoms with E-state index in [1.54, 1.807) is 18.0 Å². The Morgan fingerprint density at radius 1 is 1.13 bits per heavy atom. The number of likely N-dealkylation sites (tertiary alicyclic amines) is 1. The van der Waals surface area contributed by atoms with Crippen LogP contribution in [0.25, 0.3) is 5.57 Å². The van der Waals surface area contributed by atoms with E-state index in [9.17, 15) is 5.21 Å². The molecule has 30 heavy (non-hydrogen) atoms. The maximum Gasteiger partial charge on any atom is 0.230 e. The smallest absolute Gasteiger partial charge is 0.230 e. The van der Waals surface area contributed by atoms with Crippen LogP contribution in [0.4, 0.5) is 0 Å². The molecule has 1 fully saturated rings. The molecule has 0 amide bonds. The Hall–Kier alpha value is -2.50. The molecule has 152 valence electrons. The Balaban J connectivity index is 1.73. The van der Waals surface area contributed by atoms with Gasteiger partial charge in [-0.15, -0.1) is 11.8 Å². The zero-order valence-electron chi connectivity index (χ0n) is 16.6. The second-order valence-corrected chi connectivity index (χ2v) is 9.15. The molecule has 0 saturated carbocycles. The van der Waals surface area contributed by atoms with E-state index >= 15 is 0 Å². The van der Waals surface area contributed by atoms with Gasteiger partial charge in [-0.1, -0.05) is 17.7 Å². The first kappa shape index (κ1) is 19.5. The molecule has 2 aromatic heterocycles. The van der Waals surface area contributed by atoms with Gasteiger partial charge in [-0.2, -0.15) is 4.73 Å². The second-order valence-electron chi connectivity index (χ2n) is 7.69. The molecule has 5 rings (SSSR count). The van der Waals surface area contributed by atoms with Crippen LogP contribution in [-0.2, 0) is 12.3 Å². The average molecular weight is 436 g/mol. The van der Waals surface area contributed by atoms with Gasteiger partial charge in [0.2, 0.25) is 5.69 Å². The average Bonchev–Trinajstić information content (AvgIpc) is 2.92. The molecule has 0 atom stereocenters. The Bertz CT molecular complexity index is 1120. The van der Waals surface area contributed by atoms with Gasteiger partial charge in [-0.25, -0.2) is 0 Å². The van der Waals surface area contributed by atoms with Crippen molar-refractivity contribution in [2.45, 2.75) is 36.5 Å². The lowest BCUT2D eigenvalue weighted by atomic mass is 9.92. The van der Waals surface area contributed by atoms with E-state index in [1.165, 1.54) is 11.3 Å². The van der Waals surface area contributed by atoms with E-state index in [-0.39, 0.29) is 0 Å². The number of halogens is 1. The van der Waals surface area contributed by atoms with Gasteiger partial charge in [-0.05, 0) is 55.2 Å². The molecule has 0 aliphatic carbocycles. The fourth-order valence-corrected chi connectivity index (χ4v) is 5.69. The molecule has 0 bridgehead atoms. The van der Waals surface area contributed by atoms with E-state index in [1.807, 2.05) is 30.6 Å². The number of rotatable bonds is 2. The van der Waals surface area contributed by atoms with Crippen molar-refractivity contribution in [3.63, 3.8) is 0 Å². The van der Waals surface area contributed by atoms with Gasteiger partial charge in [-0.3, -0.25) is 4.98 Å². The largest absolute Gasteiger partial charge is 0.618 e. The van der Waals surface area contributed by atoms with Gasteiger partial charge in [0.15, 0.2) is 6.20 Å². The molecule has 6 heteroatoms. The van der Waals surface area contributed by atoms with E-state index in [2.05, 4.69) is 34.1 Å². The molecule has 0 N–H and O–H groups in total. The number of hydrogen-bond acceptors (Lipinski definition) is 4. The van der Waals surface area contributed by atoms with E-state index in [0.717, 1.165) is 75.1 Å². The fourth-order valence-electron chi connectivity index (χ4n) is 4.37. The lowest BCUT2D eigenvalue weighted by molar-refractivity contribution is -0.608. The SMILES string of the molecule is [O-][n+]1cccc2c1C(=C1CCCCN1Cc1ccncc1)c1ccc(Cl)cc1SC2. The first-order chi connectivity index (χ1) is 14.7. The summed E-state index contributed by atoms with van der Waals surface area (Å²) in [6.07, 6.45) is 8.54. The lowest BCUT2D eigenvalue weighted by Crippen LogP contribution is -2.35. The van der Waals surface area contributed by atoms with Crippen LogP contribution in [0, 0.1) is 5.21 Å². The number of thioether (sulfide) groups is 1. The summed E-state index contributed by atoms with van der Waals surface area (Å²) in [5, 5.41) is 13.8. The Morgan fingerprint density at radius 3 is 2.87 bits per heavy atom. The van der Waals surface area contributed by atoms with Crippen LogP contribution < -0.4 is 4.73 Å². The predicted octanol–water partition coefficient (Wildman–Crippen LogP) is 5.42. The van der Waals surface area contributed by atoms with Crippen LogP contribution in [0.15, 0.2) is 71.6 Å². The fraction of sp³-hybridized carbons (Fsp3) is 0.250. The second kappa shape index (κ2) is 8.32. The summed E-state index contributed by atoms with van der Waals surface area (Å²) in [7, 11) is 0. The molecular formula is C24H22ClN3OS. The quantitative estimate of drug-likeness (QED) is 0.398. The third kappa shape index (κ3) is 3.68. The zero-order chi connectivity index (χ0) is 20.5. The standard InChI is InChI=1S/C24H22ClN3OS/c25-19-6-7-20-22(14-19)30-16-18-4-3-13-28(29)24(18)23(20)21-5-1-2-12-27(21)15-17-8-10-26-11-9-17/h3-4,6-11,13-14H,1-2,5,12,15-16H2. The minimum Gasteiger partial charge on any atom is -0.618 e. The third-order valence-electron chi connectivity index (χ3n) is 5.76. The highest BCUT2D eigenvalue weighted by Crippen LogP contribution is 2.43. The monoisotopic (exact) mass is 435 g/mol. The molecule has 0 unspecified atom stereocenters. The summed E-state index contributed by atoms with van der Waals surface area (Å²) < 4.78 is 1.04. The van der Waals surface area contributed by atoms with Crippen LogP contribution in [0.5, 0.6) is 0 Å². The highest BCUT2D eigenvalue weighted by Gasteiger charge is 2.31. The minimum atomic E-state index is 0.726. The Morgan fingerprint density at radius 2 is 2.00 bits per heavy atom. The van der Waals surface area contributed by atoms with Gasteiger partial charge < -0.3 is 10.1 Å². The van der Waals surface area contributed by atoms with Crippen molar-refractivity contribution >= 4 is 28.9 Å². The predicted molar refractivity (Wildman–Crippen MR) is 121 cm³/mol. The van der Waals surface area contributed by atoms with Gasteiger partial charge in [0.25, 0.3) is 0 Å². The van der Waals surface area contributed by atoms with Gasteiger partial charge >= 0.3 is 0 Å². The zero-order valence-corrected chi connectivity index (χ0v) is 18.1. The molecule has 0 radical (unpaired) electrons. The normalized spacial score (nSPS) is 18.5. The molecule has 2 aliphatic heterocycles. The Labute approximate surface area is 185 Å². The highest BCUT2D eigenvalue weighted by molar-refractivity contribution is 7.98. The number of piperidine rings is 1. The van der Waals surface area contributed by atoms with Crippen molar-refractivity contribution in [2.24, 2.45) is 0 Å². The van der Waals surface area contributed by atoms with Crippen LogP contribution in [0.2, 0.25) is 5.02 Å². The molecular weight excluding hydrogens is 414 g/mol. The summed E-state index contributed by atoms with van der Waals surface area (Å²) in [5.74, 6) is 0.757. The first-order valence-electron chi connectivity index (χ1n) is 10.2. The number of fused-ring (bicyclic) bond motifs is 2. The first-order valence-corrected chi connectivity index (χ1v) is 11.6. The van der Waals surface area contributed by atoms with Crippen LogP contribution in [-0.4, -0.2) is 16.4 Å². The maximum atomic E-state index is 13.0. The highest BCUT2D eigenvalue weighted by atomic mass is 35.5. The molecule has 4 nitrogen and oxygen atoms in total. The maximum absolute atomic E-state index is 13.0. The molecule has 0 spiro atoms. The minimum absolute atomic E-state index is 0.726.